The number of sulfonamides is 1. The Labute approximate surface area is 388 Å². The number of hydrogen-bond donors (Lipinski definition) is 4. The molecular formula is C44H53N8O10S4+. The molecule has 352 valence electrons. The van der Waals surface area contributed by atoms with Crippen molar-refractivity contribution in [1.82, 2.24) is 20.1 Å². The second-order valence-corrected chi connectivity index (χ2v) is 22.6. The molecule has 66 heavy (non-hydrogen) atoms. The number of anilines is 1. The van der Waals surface area contributed by atoms with Gasteiger partial charge in [-0.05, 0) is 68.3 Å². The quantitative estimate of drug-likeness (QED) is 0.0631. The van der Waals surface area contributed by atoms with Gasteiger partial charge in [-0.2, -0.15) is 26.4 Å². The summed E-state index contributed by atoms with van der Waals surface area (Å²) in [4.78, 5) is 36.0. The lowest BCUT2D eigenvalue weighted by Gasteiger charge is -2.27. The Balaban J connectivity index is 1.36. The van der Waals surface area contributed by atoms with E-state index in [4.69, 9.17) is 5.14 Å². The van der Waals surface area contributed by atoms with Crippen molar-refractivity contribution >= 4 is 76.1 Å². The molecule has 0 saturated carbocycles. The summed E-state index contributed by atoms with van der Waals surface area (Å²) >= 11 is 0.638. The van der Waals surface area contributed by atoms with E-state index >= 15 is 0 Å². The first kappa shape index (κ1) is 49.9. The van der Waals surface area contributed by atoms with Crippen molar-refractivity contribution in [3.05, 3.63) is 118 Å². The van der Waals surface area contributed by atoms with Crippen molar-refractivity contribution in [3.8, 4) is 0 Å². The molecule has 2 aromatic heterocycles. The topological polar surface area (TPSA) is 264 Å². The molecule has 4 heterocycles. The second kappa shape index (κ2) is 19.4. The molecule has 2 aliphatic rings. The number of unbranched alkanes of at least 4 members (excludes halogenated alkanes) is 1. The van der Waals surface area contributed by atoms with Crippen LogP contribution in [0.15, 0.2) is 105 Å². The molecule has 2 amide bonds. The van der Waals surface area contributed by atoms with E-state index in [2.05, 4.69) is 63.9 Å². The number of benzene rings is 2. The van der Waals surface area contributed by atoms with Crippen LogP contribution >= 0.6 is 11.3 Å². The summed E-state index contributed by atoms with van der Waals surface area (Å²) in [7, 11) is -11.5. The number of pyridine rings is 1. The Morgan fingerprint density at radius 1 is 0.970 bits per heavy atom. The highest BCUT2D eigenvalue weighted by atomic mass is 32.2. The molecule has 6 rings (SSSR count). The zero-order valence-electron chi connectivity index (χ0n) is 37.3. The number of rotatable bonds is 17. The number of carbonyl (C=O) groups is 2. The minimum absolute atomic E-state index is 0.0222. The van der Waals surface area contributed by atoms with Gasteiger partial charge in [0.1, 0.15) is 6.54 Å². The van der Waals surface area contributed by atoms with Gasteiger partial charge in [-0.3, -0.25) is 23.7 Å². The number of amides is 2. The molecule has 0 bridgehead atoms. The first-order valence-corrected chi connectivity index (χ1v) is 26.3. The lowest BCUT2D eigenvalue weighted by Crippen LogP contribution is -2.28. The van der Waals surface area contributed by atoms with E-state index in [0.717, 1.165) is 35.5 Å². The summed E-state index contributed by atoms with van der Waals surface area (Å²) in [6.07, 6.45) is 10.9. The van der Waals surface area contributed by atoms with Crippen molar-refractivity contribution in [2.24, 2.45) is 17.2 Å². The lowest BCUT2D eigenvalue weighted by atomic mass is 9.81. The van der Waals surface area contributed by atoms with Crippen molar-refractivity contribution < 1.29 is 48.5 Å². The Morgan fingerprint density at radius 3 is 2.33 bits per heavy atom. The number of nitrogens with one attached hydrogen (secondary N) is 1. The fraction of sp³-hybridized carbons (Fsp3) is 0.364. The maximum absolute atomic E-state index is 13.2. The van der Waals surface area contributed by atoms with Gasteiger partial charge in [0.15, 0.2) is 5.71 Å². The van der Waals surface area contributed by atoms with Crippen LogP contribution in [0.2, 0.25) is 0 Å². The van der Waals surface area contributed by atoms with Crippen LogP contribution in [-0.4, -0.2) is 96.6 Å². The van der Waals surface area contributed by atoms with Crippen molar-refractivity contribution in [2.75, 3.05) is 30.3 Å². The molecule has 4 aromatic rings. The van der Waals surface area contributed by atoms with Crippen LogP contribution in [0.1, 0.15) is 87.5 Å². The molecule has 0 fully saturated rings. The molecule has 18 nitrogen and oxygen atoms in total. The third kappa shape index (κ3) is 11.2. The summed E-state index contributed by atoms with van der Waals surface area (Å²) in [5.41, 5.74) is 5.29. The number of carbonyl (C=O) groups excluding carboxylic acids is 2. The highest BCUT2D eigenvalue weighted by Crippen LogP contribution is 2.49. The predicted octanol–water partition coefficient (Wildman–Crippen LogP) is 4.79. The van der Waals surface area contributed by atoms with E-state index in [0.29, 0.717) is 39.6 Å². The van der Waals surface area contributed by atoms with Crippen LogP contribution in [0.25, 0.3) is 5.57 Å². The molecule has 22 heteroatoms. The van der Waals surface area contributed by atoms with Crippen molar-refractivity contribution in [3.63, 3.8) is 0 Å². The molecule has 0 radical (unpaired) electrons. The highest BCUT2D eigenvalue weighted by molar-refractivity contribution is 7.91. The van der Waals surface area contributed by atoms with Gasteiger partial charge in [-0.15, -0.1) is 5.10 Å². The summed E-state index contributed by atoms with van der Waals surface area (Å²) in [5.74, 6) is -1.63. The minimum atomic E-state index is -4.56. The number of hydrogen-bond acceptors (Lipinski definition) is 12. The third-order valence-corrected chi connectivity index (χ3v) is 15.4. The SMILES string of the molecule is CCCC[N+]1=C(/C=C/C(=C/C=C2/N(CCCS(=O)(=O)O)c3ccc(S(=O)(=O)O)cc3C2(C)C)c2ccc(C(=O)NCCC(=O)N=c3sc(S(N)(=O)=O)nn3C)cn2)C(C)(C)c2ccccc21. The maximum atomic E-state index is 13.2. The van der Waals surface area contributed by atoms with Gasteiger partial charge < -0.3 is 10.2 Å². The fourth-order valence-corrected chi connectivity index (χ4v) is 10.6. The summed E-state index contributed by atoms with van der Waals surface area (Å²) in [6.45, 7) is 11.1. The third-order valence-electron chi connectivity index (χ3n) is 11.4. The van der Waals surface area contributed by atoms with E-state index in [-0.39, 0.29) is 46.6 Å². The number of para-hydroxylation sites is 1. The zero-order chi connectivity index (χ0) is 48.4. The van der Waals surface area contributed by atoms with Gasteiger partial charge in [0, 0.05) is 79.3 Å². The van der Waals surface area contributed by atoms with Gasteiger partial charge in [0.25, 0.3) is 36.2 Å². The number of primary sulfonamides is 1. The van der Waals surface area contributed by atoms with Crippen LogP contribution in [0.3, 0.4) is 0 Å². The van der Waals surface area contributed by atoms with Crippen LogP contribution in [-0.2, 0) is 52.9 Å². The van der Waals surface area contributed by atoms with Crippen molar-refractivity contribution in [2.45, 2.75) is 80.4 Å². The van der Waals surface area contributed by atoms with E-state index in [1.807, 2.05) is 49.1 Å². The Hall–Kier alpha value is -5.49. The average molecular weight is 982 g/mol. The summed E-state index contributed by atoms with van der Waals surface area (Å²) < 4.78 is 93.7. The first-order chi connectivity index (χ1) is 30.8. The lowest BCUT2D eigenvalue weighted by molar-refractivity contribution is -0.438. The number of allylic oxidation sites excluding steroid dienone is 6. The van der Waals surface area contributed by atoms with Gasteiger partial charge >= 0.3 is 0 Å². The Morgan fingerprint density at radius 2 is 1.70 bits per heavy atom. The monoisotopic (exact) mass is 981 g/mol. The summed E-state index contributed by atoms with van der Waals surface area (Å²) in [5, 5.41) is 11.6. The van der Waals surface area contributed by atoms with Crippen molar-refractivity contribution in [1.29, 1.82) is 0 Å². The predicted molar refractivity (Wildman–Crippen MR) is 251 cm³/mol. The van der Waals surface area contributed by atoms with Gasteiger partial charge in [-0.1, -0.05) is 62.8 Å². The van der Waals surface area contributed by atoms with Crippen LogP contribution in [0, 0.1) is 0 Å². The molecule has 0 unspecified atom stereocenters. The van der Waals surface area contributed by atoms with Gasteiger partial charge in [-0.25, -0.2) is 18.2 Å². The molecule has 0 saturated heterocycles. The van der Waals surface area contributed by atoms with E-state index in [1.54, 1.807) is 18.2 Å². The molecular weight excluding hydrogens is 929 g/mol. The maximum Gasteiger partial charge on any atom is 0.294 e. The second-order valence-electron chi connectivity index (χ2n) is 16.9. The summed E-state index contributed by atoms with van der Waals surface area (Å²) in [6, 6.07) is 15.8. The Kier molecular flexibility index (Phi) is 14.7. The normalized spacial score (nSPS) is 16.9. The smallest absolute Gasteiger partial charge is 0.294 e. The largest absolute Gasteiger partial charge is 0.351 e. The van der Waals surface area contributed by atoms with E-state index in [1.165, 1.54) is 30.9 Å². The van der Waals surface area contributed by atoms with E-state index in [9.17, 15) is 43.9 Å². The highest BCUT2D eigenvalue weighted by Gasteiger charge is 2.44. The number of aryl methyl sites for hydroxylation is 1. The molecule has 0 atom stereocenters. The minimum Gasteiger partial charge on any atom is -0.351 e. The molecule has 2 aliphatic heterocycles. The number of fused-ring (bicyclic) bond motifs is 2. The zero-order valence-corrected chi connectivity index (χ0v) is 40.6. The van der Waals surface area contributed by atoms with Gasteiger partial charge in [0.05, 0.1) is 27.3 Å². The Bertz CT molecular complexity index is 3110. The first-order valence-electron chi connectivity index (χ1n) is 20.9. The molecule has 2 aromatic carbocycles. The number of aromatic nitrogens is 3. The van der Waals surface area contributed by atoms with Crippen LogP contribution in [0.4, 0.5) is 11.4 Å². The van der Waals surface area contributed by atoms with Crippen LogP contribution < -0.4 is 20.2 Å². The van der Waals surface area contributed by atoms with Gasteiger partial charge in [0.2, 0.25) is 20.7 Å². The van der Waals surface area contributed by atoms with Crippen LogP contribution in [0.5, 0.6) is 0 Å². The number of nitrogens with two attached hydrogens (primary N) is 1. The molecule has 0 spiro atoms. The van der Waals surface area contributed by atoms with E-state index < -0.39 is 57.6 Å². The number of nitrogens with zero attached hydrogens (tertiary/aromatic N) is 6. The fourth-order valence-electron chi connectivity index (χ4n) is 8.01. The average Bonchev–Trinajstić information content (AvgIpc) is 3.79. The standard InChI is InChI=1S/C44H52N8O10S4/c1-7-8-24-51-35-13-10-9-12-32(35)43(2,3)37(51)20-15-29(16-21-38-44(4,5)33-27-31(66(60,61)62)17-19-36(33)52(38)25-11-26-64(55,56)57)34-18-14-30(28-47-34)40(54)46-23-22-39(53)48-41-50(6)49-42(63-41)65(45,58)59/h9-10,12-21,27-28H,7-8,11,22-26H2,1-6H3,(H4-,45,46,54,55,56,57,58,59,60,61,62)/p+1. The molecule has 0 aliphatic carbocycles. The molecule has 5 N–H and O–H groups in total.